The summed E-state index contributed by atoms with van der Waals surface area (Å²) < 4.78 is 10.8. The number of methoxy groups -OCH3 is 2. The molecule has 3 aromatic carbocycles. The molecule has 0 aromatic heterocycles. The van der Waals surface area contributed by atoms with Crippen molar-refractivity contribution in [1.82, 2.24) is 0 Å². The second kappa shape index (κ2) is 8.02. The lowest BCUT2D eigenvalue weighted by Crippen LogP contribution is -2.10. The summed E-state index contributed by atoms with van der Waals surface area (Å²) in [5, 5.41) is 15.6. The number of amides is 1. The van der Waals surface area contributed by atoms with Crippen molar-refractivity contribution in [1.29, 1.82) is 5.26 Å². The lowest BCUT2D eigenvalue weighted by Gasteiger charge is -2.15. The maximum absolute atomic E-state index is 13.0. The lowest BCUT2D eigenvalue weighted by molar-refractivity contribution is -0.110. The van der Waals surface area contributed by atoms with Crippen LogP contribution in [0.15, 0.2) is 66.7 Å². The fraction of sp³-hybridized carbons (Fsp3) is 0.0833. The van der Waals surface area contributed by atoms with E-state index in [1.165, 1.54) is 0 Å². The first kappa shape index (κ1) is 19.1. The zero-order valence-electron chi connectivity index (χ0n) is 16.5. The predicted molar refractivity (Wildman–Crippen MR) is 116 cm³/mol. The van der Waals surface area contributed by atoms with Crippen molar-refractivity contribution in [3.05, 3.63) is 83.4 Å². The minimum Gasteiger partial charge on any atom is -0.493 e. The fourth-order valence-electron chi connectivity index (χ4n) is 3.43. The normalized spacial score (nSPS) is 13.7. The molecule has 6 nitrogen and oxygen atoms in total. The van der Waals surface area contributed by atoms with Crippen molar-refractivity contribution in [2.75, 3.05) is 24.9 Å². The largest absolute Gasteiger partial charge is 0.493 e. The summed E-state index contributed by atoms with van der Waals surface area (Å²) in [6.07, 6.45) is 0. The van der Waals surface area contributed by atoms with Gasteiger partial charge in [0.15, 0.2) is 11.5 Å². The monoisotopic (exact) mass is 397 g/mol. The third kappa shape index (κ3) is 3.45. The third-order valence-electron chi connectivity index (χ3n) is 4.84. The molecule has 148 valence electrons. The molecule has 0 fully saturated rings. The van der Waals surface area contributed by atoms with E-state index >= 15 is 0 Å². The SMILES string of the molecule is COc1cc2c(cc1OC)/C(=C(/Nc1ccccc1)c1cccc(C#N)c1)C(=O)N2. The smallest absolute Gasteiger partial charge is 0.258 e. The van der Waals surface area contributed by atoms with E-state index in [2.05, 4.69) is 16.7 Å². The van der Waals surface area contributed by atoms with Gasteiger partial charge in [-0.05, 0) is 30.3 Å². The van der Waals surface area contributed by atoms with Gasteiger partial charge < -0.3 is 20.1 Å². The molecular weight excluding hydrogens is 378 g/mol. The molecule has 6 heteroatoms. The Morgan fingerprint density at radius 1 is 0.967 bits per heavy atom. The van der Waals surface area contributed by atoms with Crippen LogP contribution < -0.4 is 20.1 Å². The van der Waals surface area contributed by atoms with Crippen LogP contribution in [0.1, 0.15) is 16.7 Å². The summed E-state index contributed by atoms with van der Waals surface area (Å²) in [4.78, 5) is 13.0. The van der Waals surface area contributed by atoms with Crippen molar-refractivity contribution in [3.63, 3.8) is 0 Å². The standard InChI is InChI=1S/C24H19N3O3/c1-29-20-12-18-19(13-21(20)30-2)27-24(28)22(18)23(26-17-9-4-3-5-10-17)16-8-6-7-15(11-16)14-25/h3-13,26H,1-2H3,(H,27,28)/b23-22-. The van der Waals surface area contributed by atoms with E-state index in [0.717, 1.165) is 11.3 Å². The maximum Gasteiger partial charge on any atom is 0.258 e. The minimum absolute atomic E-state index is 0.249. The fourth-order valence-corrected chi connectivity index (χ4v) is 3.43. The molecule has 0 spiro atoms. The highest BCUT2D eigenvalue weighted by atomic mass is 16.5. The number of rotatable bonds is 5. The average molecular weight is 397 g/mol. The van der Waals surface area contributed by atoms with E-state index in [-0.39, 0.29) is 5.91 Å². The molecule has 0 saturated heterocycles. The van der Waals surface area contributed by atoms with E-state index in [4.69, 9.17) is 9.47 Å². The van der Waals surface area contributed by atoms with Crippen LogP contribution in [0.2, 0.25) is 0 Å². The third-order valence-corrected chi connectivity index (χ3v) is 4.84. The molecule has 0 aliphatic carbocycles. The van der Waals surface area contributed by atoms with E-state index in [0.29, 0.717) is 39.6 Å². The first-order valence-electron chi connectivity index (χ1n) is 9.29. The Morgan fingerprint density at radius 3 is 2.40 bits per heavy atom. The molecule has 0 unspecified atom stereocenters. The van der Waals surface area contributed by atoms with Crippen LogP contribution in [0.3, 0.4) is 0 Å². The molecule has 1 aliphatic rings. The molecule has 0 saturated carbocycles. The summed E-state index contributed by atoms with van der Waals surface area (Å²) in [6, 6.07) is 22.4. The molecule has 2 N–H and O–H groups in total. The molecular formula is C24H19N3O3. The quantitative estimate of drug-likeness (QED) is 0.619. The molecule has 4 rings (SSSR count). The molecule has 1 aliphatic heterocycles. The number of para-hydroxylation sites is 1. The minimum atomic E-state index is -0.249. The van der Waals surface area contributed by atoms with Crippen LogP contribution in [-0.4, -0.2) is 20.1 Å². The highest BCUT2D eigenvalue weighted by Crippen LogP contribution is 2.43. The number of carbonyl (C=O) groups is 1. The zero-order valence-corrected chi connectivity index (χ0v) is 16.5. The number of carbonyl (C=O) groups excluding carboxylic acids is 1. The van der Waals surface area contributed by atoms with E-state index in [1.807, 2.05) is 36.4 Å². The highest BCUT2D eigenvalue weighted by Gasteiger charge is 2.30. The number of hydrogen-bond donors (Lipinski definition) is 2. The van der Waals surface area contributed by atoms with Crippen LogP contribution in [-0.2, 0) is 4.79 Å². The summed E-state index contributed by atoms with van der Waals surface area (Å²) in [5.74, 6) is 0.804. The van der Waals surface area contributed by atoms with Crippen LogP contribution >= 0.6 is 0 Å². The topological polar surface area (TPSA) is 83.4 Å². The van der Waals surface area contributed by atoms with Crippen LogP contribution in [0, 0.1) is 11.3 Å². The summed E-state index contributed by atoms with van der Waals surface area (Å²) >= 11 is 0. The molecule has 1 heterocycles. The molecule has 0 atom stereocenters. The predicted octanol–water partition coefficient (Wildman–Crippen LogP) is 4.51. The summed E-state index contributed by atoms with van der Waals surface area (Å²) in [5.41, 5.74) is 4.45. The highest BCUT2D eigenvalue weighted by molar-refractivity contribution is 6.37. The van der Waals surface area contributed by atoms with Crippen molar-refractivity contribution in [2.24, 2.45) is 0 Å². The van der Waals surface area contributed by atoms with E-state index < -0.39 is 0 Å². The average Bonchev–Trinajstić information content (AvgIpc) is 3.11. The Bertz CT molecular complexity index is 1190. The van der Waals surface area contributed by atoms with Crippen molar-refractivity contribution >= 4 is 28.6 Å². The Hall–Kier alpha value is -4.24. The zero-order chi connectivity index (χ0) is 21.1. The first-order chi connectivity index (χ1) is 14.6. The Kier molecular flexibility index (Phi) is 5.10. The van der Waals surface area contributed by atoms with Crippen molar-refractivity contribution < 1.29 is 14.3 Å². The van der Waals surface area contributed by atoms with E-state index in [9.17, 15) is 10.1 Å². The van der Waals surface area contributed by atoms with Gasteiger partial charge in [-0.2, -0.15) is 5.26 Å². The summed E-state index contributed by atoms with van der Waals surface area (Å²) in [6.45, 7) is 0. The second-order valence-corrected chi connectivity index (χ2v) is 6.64. The number of fused-ring (bicyclic) bond motifs is 1. The number of nitrogens with zero attached hydrogens (tertiary/aromatic N) is 1. The second-order valence-electron chi connectivity index (χ2n) is 6.64. The number of benzene rings is 3. The Morgan fingerprint density at radius 2 is 1.70 bits per heavy atom. The molecule has 0 bridgehead atoms. The van der Waals surface area contributed by atoms with Crippen LogP contribution in [0.25, 0.3) is 11.3 Å². The van der Waals surface area contributed by atoms with Gasteiger partial charge in [-0.15, -0.1) is 0 Å². The van der Waals surface area contributed by atoms with E-state index in [1.54, 1.807) is 44.6 Å². The van der Waals surface area contributed by atoms with Gasteiger partial charge in [0.1, 0.15) is 0 Å². The molecule has 30 heavy (non-hydrogen) atoms. The maximum atomic E-state index is 13.0. The lowest BCUT2D eigenvalue weighted by atomic mass is 9.98. The first-order valence-corrected chi connectivity index (χ1v) is 9.29. The van der Waals surface area contributed by atoms with Gasteiger partial charge >= 0.3 is 0 Å². The van der Waals surface area contributed by atoms with Crippen LogP contribution in [0.5, 0.6) is 11.5 Å². The molecule has 0 radical (unpaired) electrons. The van der Waals surface area contributed by atoms with Crippen molar-refractivity contribution in [2.45, 2.75) is 0 Å². The van der Waals surface area contributed by atoms with Gasteiger partial charge in [0.05, 0.1) is 42.8 Å². The Labute approximate surface area is 174 Å². The van der Waals surface area contributed by atoms with Gasteiger partial charge in [0, 0.05) is 22.9 Å². The van der Waals surface area contributed by atoms with Crippen LogP contribution in [0.4, 0.5) is 11.4 Å². The molecule has 1 amide bonds. The number of nitriles is 1. The number of hydrogen-bond acceptors (Lipinski definition) is 5. The number of anilines is 2. The molecule has 3 aromatic rings. The van der Waals surface area contributed by atoms with Gasteiger partial charge in [0.25, 0.3) is 5.91 Å². The number of nitrogens with one attached hydrogen (secondary N) is 2. The number of ether oxygens (including phenoxy) is 2. The Balaban J connectivity index is 1.96. The summed E-state index contributed by atoms with van der Waals surface area (Å²) in [7, 11) is 3.10. The van der Waals surface area contributed by atoms with Gasteiger partial charge in [-0.3, -0.25) is 4.79 Å². The van der Waals surface area contributed by atoms with Gasteiger partial charge in [-0.25, -0.2) is 0 Å². The van der Waals surface area contributed by atoms with Crippen molar-refractivity contribution in [3.8, 4) is 17.6 Å². The van der Waals surface area contributed by atoms with Gasteiger partial charge in [0.2, 0.25) is 0 Å². The van der Waals surface area contributed by atoms with Gasteiger partial charge in [-0.1, -0.05) is 30.3 Å².